The Balaban J connectivity index is 1.86. The lowest BCUT2D eigenvalue weighted by atomic mass is 10.0. The van der Waals surface area contributed by atoms with Gasteiger partial charge in [-0.3, -0.25) is 13.9 Å². The van der Waals surface area contributed by atoms with E-state index in [0.29, 0.717) is 0 Å². The zero-order valence-corrected chi connectivity index (χ0v) is 26.6. The molecule has 8 nitrogen and oxygen atoms in total. The summed E-state index contributed by atoms with van der Waals surface area (Å²) in [4.78, 5) is 29.5. The number of ether oxygens (including phenoxy) is 1. The summed E-state index contributed by atoms with van der Waals surface area (Å²) in [6.45, 7) is 4.47. The molecule has 4 rings (SSSR count). The van der Waals surface area contributed by atoms with Gasteiger partial charge in [-0.15, -0.1) is 0 Å². The molecule has 0 saturated carbocycles. The van der Waals surface area contributed by atoms with Crippen LogP contribution in [0, 0.1) is 12.7 Å². The molecule has 0 bridgehead atoms. The van der Waals surface area contributed by atoms with Crippen LogP contribution in [-0.4, -0.2) is 50.9 Å². The summed E-state index contributed by atoms with van der Waals surface area (Å²) in [6, 6.07) is 26.7. The van der Waals surface area contributed by atoms with Gasteiger partial charge in [-0.05, 0) is 62.2 Å². The van der Waals surface area contributed by atoms with Gasteiger partial charge in [0, 0.05) is 24.6 Å². The van der Waals surface area contributed by atoms with Gasteiger partial charge >= 0.3 is 0 Å². The topological polar surface area (TPSA) is 96.0 Å². The number of halogens is 1. The van der Waals surface area contributed by atoms with Crippen molar-refractivity contribution in [2.75, 3.05) is 18.0 Å². The van der Waals surface area contributed by atoms with Gasteiger partial charge < -0.3 is 15.0 Å². The van der Waals surface area contributed by atoms with Crippen molar-refractivity contribution >= 4 is 27.5 Å². The van der Waals surface area contributed by atoms with Gasteiger partial charge in [0.25, 0.3) is 10.0 Å². The van der Waals surface area contributed by atoms with Crippen molar-refractivity contribution in [3.63, 3.8) is 0 Å². The van der Waals surface area contributed by atoms with Crippen LogP contribution in [0.1, 0.15) is 30.5 Å². The van der Waals surface area contributed by atoms with Gasteiger partial charge in [0.15, 0.2) is 0 Å². The molecule has 0 aliphatic carbocycles. The molecule has 2 amide bonds. The van der Waals surface area contributed by atoms with E-state index in [1.54, 1.807) is 63.2 Å². The van der Waals surface area contributed by atoms with Crippen molar-refractivity contribution in [1.29, 1.82) is 0 Å². The van der Waals surface area contributed by atoms with Crippen LogP contribution in [0.2, 0.25) is 0 Å². The molecule has 4 aromatic carbocycles. The highest BCUT2D eigenvalue weighted by molar-refractivity contribution is 7.92. The van der Waals surface area contributed by atoms with Gasteiger partial charge in [-0.2, -0.15) is 0 Å². The van der Waals surface area contributed by atoms with Crippen molar-refractivity contribution in [2.45, 2.75) is 50.7 Å². The minimum absolute atomic E-state index is 0.0274. The molecule has 0 fully saturated rings. The second-order valence-corrected chi connectivity index (χ2v) is 12.8. The van der Waals surface area contributed by atoms with E-state index in [1.807, 2.05) is 30.3 Å². The number of sulfonamides is 1. The van der Waals surface area contributed by atoms with Crippen molar-refractivity contribution in [2.24, 2.45) is 0 Å². The van der Waals surface area contributed by atoms with Crippen LogP contribution in [0.25, 0.3) is 0 Å². The molecule has 1 N–H and O–H groups in total. The Morgan fingerprint density at radius 2 is 1.51 bits per heavy atom. The maximum Gasteiger partial charge on any atom is 0.264 e. The fourth-order valence-corrected chi connectivity index (χ4v) is 6.41. The van der Waals surface area contributed by atoms with Crippen LogP contribution in [0.15, 0.2) is 108 Å². The first kappa shape index (κ1) is 33.2. The Bertz CT molecular complexity index is 1720. The molecule has 0 aliphatic rings. The summed E-state index contributed by atoms with van der Waals surface area (Å²) in [5.41, 5.74) is 1.87. The molecule has 0 aromatic heterocycles. The van der Waals surface area contributed by atoms with Crippen LogP contribution in [0.5, 0.6) is 5.75 Å². The van der Waals surface area contributed by atoms with Gasteiger partial charge in [0.2, 0.25) is 11.8 Å². The summed E-state index contributed by atoms with van der Waals surface area (Å²) in [6.07, 6.45) is 0.124. The van der Waals surface area contributed by atoms with E-state index < -0.39 is 40.2 Å². The van der Waals surface area contributed by atoms with Gasteiger partial charge in [-0.25, -0.2) is 12.8 Å². The molecular formula is C35H38FN3O5S. The number of benzene rings is 4. The monoisotopic (exact) mass is 631 g/mol. The smallest absolute Gasteiger partial charge is 0.264 e. The van der Waals surface area contributed by atoms with E-state index in [9.17, 15) is 18.0 Å². The number of methoxy groups -OCH3 is 1. The van der Waals surface area contributed by atoms with E-state index in [1.165, 1.54) is 42.3 Å². The van der Waals surface area contributed by atoms with Crippen molar-refractivity contribution < 1.29 is 27.1 Å². The summed E-state index contributed by atoms with van der Waals surface area (Å²) in [5.74, 6) is -1.44. The minimum Gasteiger partial charge on any atom is -0.495 e. The average molecular weight is 632 g/mol. The molecule has 1 atom stereocenters. The second-order valence-electron chi connectivity index (χ2n) is 11.0. The normalized spacial score (nSPS) is 12.0. The lowest BCUT2D eigenvalue weighted by Crippen LogP contribution is -2.54. The first-order chi connectivity index (χ1) is 21.5. The first-order valence-electron chi connectivity index (χ1n) is 14.6. The highest BCUT2D eigenvalue weighted by Gasteiger charge is 2.36. The molecule has 10 heteroatoms. The summed E-state index contributed by atoms with van der Waals surface area (Å²) >= 11 is 0. The third-order valence-corrected chi connectivity index (χ3v) is 8.99. The zero-order valence-electron chi connectivity index (χ0n) is 25.8. The molecule has 0 spiro atoms. The van der Waals surface area contributed by atoms with Crippen LogP contribution in [0.3, 0.4) is 0 Å². The lowest BCUT2D eigenvalue weighted by molar-refractivity contribution is -0.140. The third kappa shape index (κ3) is 8.27. The van der Waals surface area contributed by atoms with Crippen LogP contribution in [0.4, 0.5) is 10.1 Å². The lowest BCUT2D eigenvalue weighted by Gasteiger charge is -2.34. The van der Waals surface area contributed by atoms with E-state index in [-0.39, 0.29) is 40.9 Å². The fraction of sp³-hybridized carbons (Fsp3) is 0.257. The number of carbonyl (C=O) groups is 2. The predicted octanol–water partition coefficient (Wildman–Crippen LogP) is 5.50. The summed E-state index contributed by atoms with van der Waals surface area (Å²) < 4.78 is 49.9. The largest absolute Gasteiger partial charge is 0.495 e. The van der Waals surface area contributed by atoms with E-state index in [4.69, 9.17) is 4.74 Å². The molecule has 0 aliphatic heterocycles. The molecule has 4 aromatic rings. The first-order valence-corrected chi connectivity index (χ1v) is 16.0. The summed E-state index contributed by atoms with van der Waals surface area (Å²) in [7, 11) is -2.89. The van der Waals surface area contributed by atoms with E-state index >= 15 is 4.39 Å². The SMILES string of the molecule is COc1ccc(C)cc1N(CC(=O)N(Cc1ccccc1F)[C@H](Cc1ccccc1)C(=O)NC(C)C)S(=O)(=O)c1ccccc1. The highest BCUT2D eigenvalue weighted by atomic mass is 32.2. The number of nitrogens with one attached hydrogen (secondary N) is 1. The standard InChI is InChI=1S/C35H38FN3O5S/c1-25(2)37-35(41)32(22-27-13-7-5-8-14-27)38(23-28-15-11-12-18-30(28)36)34(40)24-39(31-21-26(3)19-20-33(31)44-4)45(42,43)29-16-9-6-10-17-29/h5-21,25,32H,22-24H2,1-4H3,(H,37,41)/t32-/m1/s1. The Kier molecular flexibility index (Phi) is 11.0. The third-order valence-electron chi connectivity index (χ3n) is 7.21. The number of aryl methyl sites for hydroxylation is 1. The second kappa shape index (κ2) is 14.9. The Morgan fingerprint density at radius 3 is 2.13 bits per heavy atom. The quantitative estimate of drug-likeness (QED) is 0.210. The van der Waals surface area contributed by atoms with Gasteiger partial charge in [-0.1, -0.05) is 72.8 Å². The fourth-order valence-electron chi connectivity index (χ4n) is 4.97. The molecule has 236 valence electrons. The number of rotatable bonds is 13. The molecular weight excluding hydrogens is 593 g/mol. The van der Waals surface area contributed by atoms with Crippen molar-refractivity contribution in [1.82, 2.24) is 10.2 Å². The van der Waals surface area contributed by atoms with E-state index in [0.717, 1.165) is 15.4 Å². The highest BCUT2D eigenvalue weighted by Crippen LogP contribution is 2.34. The van der Waals surface area contributed by atoms with Gasteiger partial charge in [0.05, 0.1) is 17.7 Å². The Labute approximate surface area is 264 Å². The number of hydrogen-bond acceptors (Lipinski definition) is 5. The van der Waals surface area contributed by atoms with Crippen LogP contribution < -0.4 is 14.4 Å². The van der Waals surface area contributed by atoms with Crippen LogP contribution in [-0.2, 0) is 32.6 Å². The zero-order chi connectivity index (χ0) is 32.6. The number of anilines is 1. The number of nitrogens with zero attached hydrogens (tertiary/aromatic N) is 2. The molecule has 0 heterocycles. The van der Waals surface area contributed by atoms with Gasteiger partial charge in [0.1, 0.15) is 24.2 Å². The Hall–Kier alpha value is -4.70. The maximum atomic E-state index is 15.0. The number of hydrogen-bond donors (Lipinski definition) is 1. The predicted molar refractivity (Wildman–Crippen MR) is 173 cm³/mol. The number of amides is 2. The molecule has 0 radical (unpaired) electrons. The van der Waals surface area contributed by atoms with Crippen molar-refractivity contribution in [3.05, 3.63) is 126 Å². The minimum atomic E-state index is -4.31. The number of carbonyl (C=O) groups excluding carboxylic acids is 2. The molecule has 0 saturated heterocycles. The summed E-state index contributed by atoms with van der Waals surface area (Å²) in [5, 5.41) is 2.89. The van der Waals surface area contributed by atoms with Crippen molar-refractivity contribution in [3.8, 4) is 5.75 Å². The Morgan fingerprint density at radius 1 is 0.889 bits per heavy atom. The molecule has 0 unspecified atom stereocenters. The maximum absolute atomic E-state index is 15.0. The average Bonchev–Trinajstić information content (AvgIpc) is 3.02. The van der Waals surface area contributed by atoms with Crippen LogP contribution >= 0.6 is 0 Å². The molecule has 45 heavy (non-hydrogen) atoms. The van der Waals surface area contributed by atoms with E-state index in [2.05, 4.69) is 5.32 Å².